The van der Waals surface area contributed by atoms with Gasteiger partial charge in [0.2, 0.25) is 17.7 Å². The number of fused-ring (bicyclic) bond motifs is 1. The summed E-state index contributed by atoms with van der Waals surface area (Å²) in [4.78, 5) is 47.2. The van der Waals surface area contributed by atoms with Gasteiger partial charge < -0.3 is 19.6 Å². The molecule has 5 rings (SSSR count). The van der Waals surface area contributed by atoms with Crippen LogP contribution in [0.25, 0.3) is 0 Å². The van der Waals surface area contributed by atoms with Crippen molar-refractivity contribution in [1.82, 2.24) is 14.7 Å². The molecule has 3 saturated heterocycles. The van der Waals surface area contributed by atoms with E-state index in [0.29, 0.717) is 61.2 Å². The van der Waals surface area contributed by atoms with Gasteiger partial charge in [0, 0.05) is 75.3 Å². The highest BCUT2D eigenvalue weighted by Crippen LogP contribution is 2.36. The van der Waals surface area contributed by atoms with Gasteiger partial charge in [-0.3, -0.25) is 14.4 Å². The van der Waals surface area contributed by atoms with Crippen LogP contribution in [-0.4, -0.2) is 84.8 Å². The highest BCUT2D eigenvalue weighted by Gasteiger charge is 2.43. The number of hydrogen-bond donors (Lipinski definition) is 0. The lowest BCUT2D eigenvalue weighted by Gasteiger charge is -2.34. The summed E-state index contributed by atoms with van der Waals surface area (Å²) in [7, 11) is 0. The molecule has 0 radical (unpaired) electrons. The van der Waals surface area contributed by atoms with Crippen molar-refractivity contribution in [3.63, 3.8) is 0 Å². The maximum Gasteiger partial charge on any atom is 0.230 e. The van der Waals surface area contributed by atoms with Gasteiger partial charge in [0.25, 0.3) is 0 Å². The second-order valence-electron chi connectivity index (χ2n) is 12.9. The van der Waals surface area contributed by atoms with Crippen LogP contribution < -0.4 is 4.90 Å². The van der Waals surface area contributed by atoms with Crippen LogP contribution in [0.2, 0.25) is 5.02 Å². The van der Waals surface area contributed by atoms with E-state index in [1.54, 1.807) is 6.92 Å². The number of hydrogen-bond acceptors (Lipinski definition) is 4. The minimum atomic E-state index is -0.0720. The molecule has 3 heterocycles. The number of nitrogens with zero attached hydrogens (tertiary/aromatic N) is 4. The van der Waals surface area contributed by atoms with Crippen LogP contribution in [0.4, 0.5) is 5.69 Å². The molecule has 1 aromatic carbocycles. The summed E-state index contributed by atoms with van der Waals surface area (Å²) in [6.45, 7) is 12.6. The Hall–Kier alpha value is -2.12. The predicted octanol–water partition coefficient (Wildman–Crippen LogP) is 4.85. The van der Waals surface area contributed by atoms with Crippen molar-refractivity contribution in [2.24, 2.45) is 29.6 Å². The summed E-state index contributed by atoms with van der Waals surface area (Å²) >= 11 is 6.47. The fourth-order valence-electron chi connectivity index (χ4n) is 7.60. The van der Waals surface area contributed by atoms with Crippen molar-refractivity contribution in [1.29, 1.82) is 0 Å². The van der Waals surface area contributed by atoms with Gasteiger partial charge in [0.05, 0.1) is 0 Å². The maximum atomic E-state index is 13.7. The van der Waals surface area contributed by atoms with Crippen LogP contribution in [0, 0.1) is 36.5 Å². The van der Waals surface area contributed by atoms with Crippen LogP contribution in [0.3, 0.4) is 0 Å². The number of likely N-dealkylation sites (tertiary alicyclic amines) is 3. The second-order valence-corrected chi connectivity index (χ2v) is 13.4. The number of anilines is 1. The third-order valence-electron chi connectivity index (χ3n) is 10.2. The number of halogens is 1. The third-order valence-corrected chi connectivity index (χ3v) is 10.6. The van der Waals surface area contributed by atoms with E-state index in [2.05, 4.69) is 16.7 Å². The molecule has 1 aliphatic carbocycles. The Bertz CT molecular complexity index is 1070. The Balaban J connectivity index is 1.14. The smallest absolute Gasteiger partial charge is 0.230 e. The van der Waals surface area contributed by atoms with Gasteiger partial charge >= 0.3 is 0 Å². The fourth-order valence-corrected chi connectivity index (χ4v) is 7.78. The average molecular weight is 571 g/mol. The molecule has 0 N–H and O–H groups in total. The molecule has 3 amide bonds. The van der Waals surface area contributed by atoms with E-state index in [1.807, 2.05) is 34.9 Å². The van der Waals surface area contributed by atoms with Crippen molar-refractivity contribution in [2.75, 3.05) is 57.3 Å². The van der Waals surface area contributed by atoms with E-state index in [-0.39, 0.29) is 23.7 Å². The molecule has 4 atom stereocenters. The van der Waals surface area contributed by atoms with Gasteiger partial charge in [-0.2, -0.15) is 0 Å². The van der Waals surface area contributed by atoms with Crippen molar-refractivity contribution in [3.8, 4) is 0 Å². The fraction of sp³-hybridized carbons (Fsp3) is 0.719. The molecule has 220 valence electrons. The summed E-state index contributed by atoms with van der Waals surface area (Å²) in [6, 6.07) is 5.90. The number of rotatable bonds is 7. The Labute approximate surface area is 245 Å². The van der Waals surface area contributed by atoms with Crippen LogP contribution in [0.5, 0.6) is 0 Å². The highest BCUT2D eigenvalue weighted by molar-refractivity contribution is 6.31. The molecule has 40 heavy (non-hydrogen) atoms. The van der Waals surface area contributed by atoms with Crippen LogP contribution in [-0.2, 0) is 14.4 Å². The summed E-state index contributed by atoms with van der Waals surface area (Å²) in [6.07, 6.45) is 7.03. The molecule has 4 fully saturated rings. The topological polar surface area (TPSA) is 64.2 Å². The highest BCUT2D eigenvalue weighted by atomic mass is 35.5. The molecule has 0 bridgehead atoms. The summed E-state index contributed by atoms with van der Waals surface area (Å²) < 4.78 is 0. The van der Waals surface area contributed by atoms with Gasteiger partial charge in [-0.05, 0) is 81.0 Å². The molecule has 3 aliphatic heterocycles. The van der Waals surface area contributed by atoms with Gasteiger partial charge in [0.15, 0.2) is 0 Å². The molecule has 7 nitrogen and oxygen atoms in total. The van der Waals surface area contributed by atoms with Gasteiger partial charge in [-0.25, -0.2) is 0 Å². The average Bonchev–Trinajstić information content (AvgIpc) is 3.51. The van der Waals surface area contributed by atoms with Crippen LogP contribution >= 0.6 is 11.6 Å². The zero-order valence-corrected chi connectivity index (χ0v) is 25.4. The number of aryl methyl sites for hydroxylation is 1. The first-order chi connectivity index (χ1) is 19.2. The van der Waals surface area contributed by atoms with Crippen molar-refractivity contribution in [2.45, 2.75) is 65.7 Å². The molecule has 4 aliphatic rings. The van der Waals surface area contributed by atoms with E-state index in [1.165, 1.54) is 19.3 Å². The maximum absolute atomic E-state index is 13.7. The van der Waals surface area contributed by atoms with E-state index in [9.17, 15) is 14.4 Å². The van der Waals surface area contributed by atoms with Gasteiger partial charge in [-0.1, -0.05) is 37.4 Å². The summed E-state index contributed by atoms with van der Waals surface area (Å²) in [5.74, 6) is 2.47. The number of amides is 3. The van der Waals surface area contributed by atoms with E-state index in [4.69, 9.17) is 11.6 Å². The number of carbonyl (C=O) groups excluding carboxylic acids is 3. The zero-order valence-electron chi connectivity index (χ0n) is 24.6. The first-order valence-electron chi connectivity index (χ1n) is 15.6. The van der Waals surface area contributed by atoms with E-state index < -0.39 is 0 Å². The lowest BCUT2D eigenvalue weighted by atomic mass is 9.79. The van der Waals surface area contributed by atoms with Crippen molar-refractivity contribution >= 4 is 35.0 Å². The van der Waals surface area contributed by atoms with E-state index >= 15 is 0 Å². The zero-order chi connectivity index (χ0) is 28.4. The molecule has 1 saturated carbocycles. The Morgan fingerprint density at radius 2 is 1.62 bits per heavy atom. The van der Waals surface area contributed by atoms with Gasteiger partial charge in [0.1, 0.15) is 0 Å². The SMILES string of the molecule is CC(=O)N1CCC(C(=O)N(CCCN2CC3CN(C(=O)C4CCCCC4C)CC3C2)c2ccc(C)c(Cl)c2)CC1. The second kappa shape index (κ2) is 12.8. The largest absolute Gasteiger partial charge is 0.343 e. The monoisotopic (exact) mass is 570 g/mol. The summed E-state index contributed by atoms with van der Waals surface area (Å²) in [5, 5.41) is 0.677. The van der Waals surface area contributed by atoms with Gasteiger partial charge in [-0.15, -0.1) is 0 Å². The number of benzene rings is 1. The van der Waals surface area contributed by atoms with E-state index in [0.717, 1.165) is 56.8 Å². The standard InChI is InChI=1S/C32H47ClN4O3/c1-22-7-4-5-8-29(22)32(40)36-20-26-18-34(19-27(26)21-36)13-6-14-37(28-10-9-23(2)30(33)17-28)31(39)25-11-15-35(16-12-25)24(3)38/h9-10,17,22,25-27,29H,4-8,11-16,18-21H2,1-3H3. The Morgan fingerprint density at radius 1 is 0.950 bits per heavy atom. The molecular formula is C32H47ClN4O3. The lowest BCUT2D eigenvalue weighted by Crippen LogP contribution is -2.44. The normalized spacial score (nSPS) is 27.6. The molecule has 1 aromatic rings. The number of piperidine rings is 1. The lowest BCUT2D eigenvalue weighted by molar-refractivity contribution is -0.137. The number of carbonyl (C=O) groups is 3. The van der Waals surface area contributed by atoms with Crippen LogP contribution in [0.1, 0.15) is 64.4 Å². The third kappa shape index (κ3) is 6.51. The molecule has 0 spiro atoms. The quantitative estimate of drug-likeness (QED) is 0.470. The molecule has 4 unspecified atom stereocenters. The minimum Gasteiger partial charge on any atom is -0.343 e. The first kappa shape index (κ1) is 29.4. The molecular weight excluding hydrogens is 524 g/mol. The van der Waals surface area contributed by atoms with Crippen molar-refractivity contribution < 1.29 is 14.4 Å². The molecule has 0 aromatic heterocycles. The molecule has 8 heteroatoms. The van der Waals surface area contributed by atoms with Crippen molar-refractivity contribution in [3.05, 3.63) is 28.8 Å². The Kier molecular flexibility index (Phi) is 9.41. The first-order valence-corrected chi connectivity index (χ1v) is 15.9. The van der Waals surface area contributed by atoms with Crippen LogP contribution in [0.15, 0.2) is 18.2 Å². The Morgan fingerprint density at radius 3 is 2.25 bits per heavy atom. The summed E-state index contributed by atoms with van der Waals surface area (Å²) in [5.41, 5.74) is 1.86. The minimum absolute atomic E-state index is 0.0720. The predicted molar refractivity (Wildman–Crippen MR) is 159 cm³/mol.